The van der Waals surface area contributed by atoms with Gasteiger partial charge < -0.3 is 19.7 Å². The van der Waals surface area contributed by atoms with Crippen molar-refractivity contribution in [2.75, 3.05) is 5.32 Å². The minimum atomic E-state index is -1.36. The topological polar surface area (TPSA) is 89.3 Å². The van der Waals surface area contributed by atoms with Gasteiger partial charge in [-0.15, -0.1) is 0 Å². The summed E-state index contributed by atoms with van der Waals surface area (Å²) in [6, 6.07) is 7.10. The normalized spacial score (nSPS) is 10.5. The summed E-state index contributed by atoms with van der Waals surface area (Å²) in [5.74, 6) is 0.745. The maximum atomic E-state index is 10.4. The van der Waals surface area contributed by atoms with E-state index in [9.17, 15) is 4.79 Å². The minimum absolute atomic E-state index is 0.171. The number of hydrogen-bond acceptors (Lipinski definition) is 5. The predicted molar refractivity (Wildman–Crippen MR) is 76.9 cm³/mol. The van der Waals surface area contributed by atoms with E-state index in [-0.39, 0.29) is 5.75 Å². The number of ether oxygens (including phenoxy) is 1. The van der Waals surface area contributed by atoms with Crippen molar-refractivity contribution in [1.82, 2.24) is 14.5 Å². The molecule has 3 aromatic rings. The third kappa shape index (κ3) is 2.76. The lowest BCUT2D eigenvalue weighted by Crippen LogP contribution is -2.03. The second-order valence-electron chi connectivity index (χ2n) is 4.44. The first-order valence-corrected chi connectivity index (χ1v) is 6.17. The maximum Gasteiger partial charge on any atom is 0.511 e. The van der Waals surface area contributed by atoms with Gasteiger partial charge in [0.1, 0.15) is 11.5 Å². The molecule has 0 aliphatic carbocycles. The van der Waals surface area contributed by atoms with Gasteiger partial charge in [-0.25, -0.2) is 14.8 Å². The molecule has 21 heavy (non-hydrogen) atoms. The van der Waals surface area contributed by atoms with Crippen LogP contribution < -0.4 is 10.1 Å². The van der Waals surface area contributed by atoms with Crippen LogP contribution in [0.25, 0.3) is 11.0 Å². The lowest BCUT2D eigenvalue weighted by molar-refractivity contribution is 0.144. The van der Waals surface area contributed by atoms with E-state index in [0.717, 1.165) is 16.7 Å². The highest BCUT2D eigenvalue weighted by Gasteiger charge is 2.04. The molecule has 0 unspecified atom stereocenters. The Morgan fingerprint density at radius 1 is 1.29 bits per heavy atom. The molecule has 0 aromatic carbocycles. The number of hydrogen-bond donors (Lipinski definition) is 2. The van der Waals surface area contributed by atoms with Crippen molar-refractivity contribution >= 4 is 28.7 Å². The standard InChI is InChI=1S/C14H12N4O3/c1-18-5-4-9-6-10(7-16-13(9)18)17-12-3-2-11(8-15-12)21-14(19)20/h2-8H,1H3,(H,15,17)(H,19,20). The predicted octanol–water partition coefficient (Wildman–Crippen LogP) is 2.77. The number of nitrogens with one attached hydrogen (secondary N) is 1. The number of carboxylic acid groups (broad SMARTS) is 1. The molecule has 7 heteroatoms. The average molecular weight is 284 g/mol. The van der Waals surface area contributed by atoms with Crippen LogP contribution in [0.15, 0.2) is 42.9 Å². The molecular formula is C14H12N4O3. The highest BCUT2D eigenvalue weighted by Crippen LogP contribution is 2.20. The number of rotatable bonds is 3. The van der Waals surface area contributed by atoms with Crippen LogP contribution >= 0.6 is 0 Å². The summed E-state index contributed by atoms with van der Waals surface area (Å²) in [6.07, 6.45) is 3.63. The molecule has 106 valence electrons. The van der Waals surface area contributed by atoms with Gasteiger partial charge in [0.05, 0.1) is 18.1 Å². The first-order chi connectivity index (χ1) is 10.1. The van der Waals surface area contributed by atoms with Gasteiger partial charge in [-0.1, -0.05) is 0 Å². The van der Waals surface area contributed by atoms with Gasteiger partial charge in [-0.05, 0) is 24.3 Å². The average Bonchev–Trinajstić information content (AvgIpc) is 2.82. The van der Waals surface area contributed by atoms with E-state index in [2.05, 4.69) is 20.0 Å². The Morgan fingerprint density at radius 2 is 2.14 bits per heavy atom. The Hall–Kier alpha value is -3.09. The van der Waals surface area contributed by atoms with Crippen molar-refractivity contribution in [3.05, 3.63) is 42.9 Å². The molecule has 0 fully saturated rings. The van der Waals surface area contributed by atoms with Gasteiger partial charge in [-0.3, -0.25) is 0 Å². The van der Waals surface area contributed by atoms with Crippen LogP contribution in [0, 0.1) is 0 Å². The largest absolute Gasteiger partial charge is 0.511 e. The van der Waals surface area contributed by atoms with E-state index in [1.165, 1.54) is 12.3 Å². The fraction of sp³-hybridized carbons (Fsp3) is 0.0714. The van der Waals surface area contributed by atoms with Gasteiger partial charge in [0, 0.05) is 18.6 Å². The number of nitrogens with zero attached hydrogens (tertiary/aromatic N) is 3. The van der Waals surface area contributed by atoms with Crippen molar-refractivity contribution in [2.45, 2.75) is 0 Å². The smallest absolute Gasteiger partial charge is 0.449 e. The molecule has 0 bridgehead atoms. The summed E-state index contributed by atoms with van der Waals surface area (Å²) >= 11 is 0. The summed E-state index contributed by atoms with van der Waals surface area (Å²) in [6.45, 7) is 0. The Kier molecular flexibility index (Phi) is 3.15. The molecule has 2 N–H and O–H groups in total. The van der Waals surface area contributed by atoms with Crippen LogP contribution in [0.2, 0.25) is 0 Å². The Labute approximate surface area is 119 Å². The van der Waals surface area contributed by atoms with Gasteiger partial charge >= 0.3 is 6.16 Å². The molecular weight excluding hydrogens is 272 g/mol. The summed E-state index contributed by atoms with van der Waals surface area (Å²) in [4.78, 5) is 18.8. The SMILES string of the molecule is Cn1ccc2cc(Nc3ccc(OC(=O)O)cn3)cnc21. The van der Waals surface area contributed by atoms with Crippen LogP contribution in [0.1, 0.15) is 0 Å². The zero-order valence-electron chi connectivity index (χ0n) is 11.1. The molecule has 0 spiro atoms. The van der Waals surface area contributed by atoms with Gasteiger partial charge in [0.25, 0.3) is 0 Å². The molecule has 0 atom stereocenters. The zero-order chi connectivity index (χ0) is 14.8. The Bertz CT molecular complexity index is 796. The van der Waals surface area contributed by atoms with Crippen LogP contribution in [0.3, 0.4) is 0 Å². The first kappa shape index (κ1) is 12.9. The molecule has 3 heterocycles. The van der Waals surface area contributed by atoms with E-state index in [1.807, 2.05) is 29.9 Å². The minimum Gasteiger partial charge on any atom is -0.449 e. The van der Waals surface area contributed by atoms with Gasteiger partial charge in [0.15, 0.2) is 5.75 Å². The monoisotopic (exact) mass is 284 g/mol. The molecule has 0 aliphatic heterocycles. The molecule has 0 aliphatic rings. The third-order valence-electron chi connectivity index (χ3n) is 2.92. The molecule has 3 rings (SSSR count). The van der Waals surface area contributed by atoms with E-state index < -0.39 is 6.16 Å². The number of aromatic nitrogens is 3. The molecule has 3 aromatic heterocycles. The Morgan fingerprint density at radius 3 is 2.86 bits per heavy atom. The second-order valence-corrected chi connectivity index (χ2v) is 4.44. The van der Waals surface area contributed by atoms with E-state index >= 15 is 0 Å². The van der Waals surface area contributed by atoms with Crippen molar-refractivity contribution in [2.24, 2.45) is 7.05 Å². The van der Waals surface area contributed by atoms with Crippen LogP contribution in [-0.4, -0.2) is 25.8 Å². The number of pyridine rings is 2. The summed E-state index contributed by atoms with van der Waals surface area (Å²) in [7, 11) is 1.94. The van der Waals surface area contributed by atoms with Crippen LogP contribution in [0.4, 0.5) is 16.3 Å². The summed E-state index contributed by atoms with van der Waals surface area (Å²) in [5, 5.41) is 12.6. The molecule has 7 nitrogen and oxygen atoms in total. The maximum absolute atomic E-state index is 10.4. The van der Waals surface area contributed by atoms with Crippen LogP contribution in [0.5, 0.6) is 5.75 Å². The summed E-state index contributed by atoms with van der Waals surface area (Å²) < 4.78 is 6.43. The molecule has 0 saturated carbocycles. The zero-order valence-corrected chi connectivity index (χ0v) is 11.1. The fourth-order valence-corrected chi connectivity index (χ4v) is 1.99. The Balaban J connectivity index is 1.79. The number of aryl methyl sites for hydroxylation is 1. The van der Waals surface area contributed by atoms with Crippen molar-refractivity contribution in [1.29, 1.82) is 0 Å². The lowest BCUT2D eigenvalue weighted by atomic mass is 10.3. The first-order valence-electron chi connectivity index (χ1n) is 6.17. The second kappa shape index (κ2) is 5.12. The number of fused-ring (bicyclic) bond motifs is 1. The van der Waals surface area contributed by atoms with Gasteiger partial charge in [0.2, 0.25) is 0 Å². The quantitative estimate of drug-likeness (QED) is 0.719. The summed E-state index contributed by atoms with van der Waals surface area (Å²) in [5.41, 5.74) is 1.70. The third-order valence-corrected chi connectivity index (χ3v) is 2.92. The lowest BCUT2D eigenvalue weighted by Gasteiger charge is -2.06. The highest BCUT2D eigenvalue weighted by molar-refractivity contribution is 5.80. The van der Waals surface area contributed by atoms with E-state index in [0.29, 0.717) is 5.82 Å². The molecule has 0 saturated heterocycles. The van der Waals surface area contributed by atoms with Gasteiger partial charge in [-0.2, -0.15) is 0 Å². The number of anilines is 2. The fourth-order valence-electron chi connectivity index (χ4n) is 1.99. The molecule has 0 radical (unpaired) electrons. The van der Waals surface area contributed by atoms with E-state index in [4.69, 9.17) is 5.11 Å². The van der Waals surface area contributed by atoms with Crippen molar-refractivity contribution < 1.29 is 14.6 Å². The van der Waals surface area contributed by atoms with Crippen LogP contribution in [-0.2, 0) is 7.05 Å². The highest BCUT2D eigenvalue weighted by atomic mass is 16.7. The molecule has 0 amide bonds. The van der Waals surface area contributed by atoms with Crippen molar-refractivity contribution in [3.63, 3.8) is 0 Å². The van der Waals surface area contributed by atoms with E-state index in [1.54, 1.807) is 12.3 Å². The number of carbonyl (C=O) groups is 1. The van der Waals surface area contributed by atoms with Crippen molar-refractivity contribution in [3.8, 4) is 5.75 Å².